The van der Waals surface area contributed by atoms with Crippen LogP contribution < -0.4 is 4.90 Å². The van der Waals surface area contributed by atoms with Crippen LogP contribution in [0.15, 0.2) is 66.4 Å². The third kappa shape index (κ3) is 2.85. The smallest absolute Gasteiger partial charge is 0.160 e. The summed E-state index contributed by atoms with van der Waals surface area (Å²) in [4.78, 5) is 12.7. The highest BCUT2D eigenvalue weighted by Crippen LogP contribution is 2.39. The Labute approximate surface area is 177 Å². The molecule has 5 heterocycles. The number of thiophene rings is 1. The quantitative estimate of drug-likeness (QED) is 0.427. The molecule has 1 aliphatic rings. The predicted octanol–water partition coefficient (Wildman–Crippen LogP) is 4.79. The molecule has 6 rings (SSSR count). The van der Waals surface area contributed by atoms with E-state index in [1.807, 2.05) is 18.2 Å². The van der Waals surface area contributed by atoms with Gasteiger partial charge in [0.15, 0.2) is 5.65 Å². The molecule has 1 aromatic carbocycles. The van der Waals surface area contributed by atoms with Gasteiger partial charge in [0.25, 0.3) is 0 Å². The fourth-order valence-corrected chi connectivity index (χ4v) is 5.33. The topological polar surface area (TPSA) is 59.2 Å². The van der Waals surface area contributed by atoms with Crippen molar-refractivity contribution in [1.82, 2.24) is 24.6 Å². The van der Waals surface area contributed by atoms with Gasteiger partial charge in [-0.05, 0) is 30.5 Å². The van der Waals surface area contributed by atoms with Gasteiger partial charge < -0.3 is 4.90 Å². The van der Waals surface area contributed by atoms with Crippen LogP contribution in [0.5, 0.6) is 0 Å². The van der Waals surface area contributed by atoms with Gasteiger partial charge in [-0.1, -0.05) is 36.4 Å². The summed E-state index contributed by atoms with van der Waals surface area (Å²) < 4.78 is 2.12. The minimum Gasteiger partial charge on any atom is -0.356 e. The monoisotopic (exact) mass is 412 g/mol. The van der Waals surface area contributed by atoms with Crippen LogP contribution in [-0.2, 0) is 0 Å². The maximum absolute atomic E-state index is 4.71. The first-order valence-electron chi connectivity index (χ1n) is 10.2. The van der Waals surface area contributed by atoms with E-state index in [1.165, 1.54) is 16.5 Å². The van der Waals surface area contributed by atoms with Gasteiger partial charge in [0.05, 0.1) is 5.39 Å². The molecule has 7 heteroatoms. The average molecular weight is 413 g/mol. The van der Waals surface area contributed by atoms with E-state index >= 15 is 0 Å². The number of hydrogen-bond acceptors (Lipinski definition) is 6. The highest BCUT2D eigenvalue weighted by Gasteiger charge is 2.27. The maximum atomic E-state index is 4.71. The molecule has 0 unspecified atom stereocenters. The van der Waals surface area contributed by atoms with Gasteiger partial charge in [-0.2, -0.15) is 0 Å². The van der Waals surface area contributed by atoms with Crippen LogP contribution in [-0.4, -0.2) is 37.7 Å². The van der Waals surface area contributed by atoms with Crippen LogP contribution in [0.25, 0.3) is 27.0 Å². The number of anilines is 1. The molecule has 0 atom stereocenters. The molecule has 0 amide bonds. The van der Waals surface area contributed by atoms with Gasteiger partial charge in [0, 0.05) is 36.1 Å². The Morgan fingerprint density at radius 2 is 1.73 bits per heavy atom. The fraction of sp³-hybridized carbons (Fsp3) is 0.217. The van der Waals surface area contributed by atoms with Crippen LogP contribution in [0.4, 0.5) is 5.82 Å². The van der Waals surface area contributed by atoms with Crippen LogP contribution in [0.3, 0.4) is 0 Å². The molecule has 148 valence electrons. The highest BCUT2D eigenvalue weighted by molar-refractivity contribution is 7.17. The molecule has 0 bridgehead atoms. The van der Waals surface area contributed by atoms with Crippen molar-refractivity contribution in [2.75, 3.05) is 18.0 Å². The van der Waals surface area contributed by atoms with Gasteiger partial charge in [0.1, 0.15) is 22.8 Å². The summed E-state index contributed by atoms with van der Waals surface area (Å²) in [7, 11) is 0. The molecular weight excluding hydrogens is 392 g/mol. The first-order chi connectivity index (χ1) is 14.9. The summed E-state index contributed by atoms with van der Waals surface area (Å²) in [6.07, 6.45) is 5.82. The lowest BCUT2D eigenvalue weighted by molar-refractivity contribution is 0.481. The summed E-state index contributed by atoms with van der Waals surface area (Å²) in [5, 5.41) is 12.2. The van der Waals surface area contributed by atoms with Crippen molar-refractivity contribution in [2.45, 2.75) is 18.8 Å². The van der Waals surface area contributed by atoms with E-state index in [9.17, 15) is 0 Å². The summed E-state index contributed by atoms with van der Waals surface area (Å²) >= 11 is 1.69. The average Bonchev–Trinajstić information content (AvgIpc) is 3.44. The van der Waals surface area contributed by atoms with Crippen molar-refractivity contribution >= 4 is 33.0 Å². The van der Waals surface area contributed by atoms with Crippen molar-refractivity contribution in [1.29, 1.82) is 0 Å². The van der Waals surface area contributed by atoms with Crippen molar-refractivity contribution < 1.29 is 0 Å². The second-order valence-electron chi connectivity index (χ2n) is 7.64. The van der Waals surface area contributed by atoms with E-state index in [2.05, 4.69) is 66.4 Å². The van der Waals surface area contributed by atoms with Crippen LogP contribution in [0.1, 0.15) is 24.6 Å². The molecule has 0 aliphatic carbocycles. The molecule has 0 N–H and O–H groups in total. The molecule has 0 saturated carbocycles. The molecule has 6 nitrogen and oxygen atoms in total. The SMILES string of the molecule is c1ccc(-c2csc3ncnc(N4CCC(c5nnc6ccccn56)CC4)c23)cc1. The number of rotatable bonds is 3. The molecule has 5 aromatic rings. The van der Waals surface area contributed by atoms with Crippen molar-refractivity contribution in [3.8, 4) is 11.1 Å². The molecule has 1 saturated heterocycles. The van der Waals surface area contributed by atoms with E-state index in [0.29, 0.717) is 5.92 Å². The second kappa shape index (κ2) is 7.18. The highest BCUT2D eigenvalue weighted by atomic mass is 32.1. The zero-order valence-electron chi connectivity index (χ0n) is 16.3. The van der Waals surface area contributed by atoms with Gasteiger partial charge in [-0.3, -0.25) is 4.40 Å². The minimum absolute atomic E-state index is 0.409. The summed E-state index contributed by atoms with van der Waals surface area (Å²) in [6.45, 7) is 1.89. The first kappa shape index (κ1) is 17.5. The number of hydrogen-bond donors (Lipinski definition) is 0. The Morgan fingerprint density at radius 3 is 2.60 bits per heavy atom. The van der Waals surface area contributed by atoms with Crippen molar-refractivity contribution in [3.63, 3.8) is 0 Å². The van der Waals surface area contributed by atoms with Crippen molar-refractivity contribution in [2.24, 2.45) is 0 Å². The Morgan fingerprint density at radius 1 is 0.900 bits per heavy atom. The zero-order valence-corrected chi connectivity index (χ0v) is 17.2. The number of fused-ring (bicyclic) bond motifs is 2. The molecule has 4 aromatic heterocycles. The van der Waals surface area contributed by atoms with E-state index in [-0.39, 0.29) is 0 Å². The van der Waals surface area contributed by atoms with Gasteiger partial charge in [-0.15, -0.1) is 21.5 Å². The van der Waals surface area contributed by atoms with E-state index in [1.54, 1.807) is 17.7 Å². The molecular formula is C23H20N6S. The Bertz CT molecular complexity index is 1320. The molecule has 1 fully saturated rings. The summed E-state index contributed by atoms with van der Waals surface area (Å²) in [5.41, 5.74) is 3.35. The van der Waals surface area contributed by atoms with Gasteiger partial charge in [-0.25, -0.2) is 9.97 Å². The van der Waals surface area contributed by atoms with Crippen LogP contribution in [0, 0.1) is 0 Å². The molecule has 30 heavy (non-hydrogen) atoms. The van der Waals surface area contributed by atoms with E-state index < -0.39 is 0 Å². The fourth-order valence-electron chi connectivity index (χ4n) is 4.42. The second-order valence-corrected chi connectivity index (χ2v) is 8.50. The molecule has 0 radical (unpaired) electrons. The largest absolute Gasteiger partial charge is 0.356 e. The zero-order chi connectivity index (χ0) is 19.9. The van der Waals surface area contributed by atoms with E-state index in [0.717, 1.165) is 48.1 Å². The Hall–Kier alpha value is -3.32. The van der Waals surface area contributed by atoms with E-state index in [4.69, 9.17) is 4.98 Å². The lowest BCUT2D eigenvalue weighted by Crippen LogP contribution is -2.34. The number of pyridine rings is 1. The van der Waals surface area contributed by atoms with Crippen LogP contribution in [0.2, 0.25) is 0 Å². The number of nitrogens with zero attached hydrogens (tertiary/aromatic N) is 6. The van der Waals surface area contributed by atoms with Crippen LogP contribution >= 0.6 is 11.3 Å². The number of benzene rings is 1. The predicted molar refractivity (Wildman–Crippen MR) is 120 cm³/mol. The maximum Gasteiger partial charge on any atom is 0.160 e. The Kier molecular flexibility index (Phi) is 4.19. The summed E-state index contributed by atoms with van der Waals surface area (Å²) in [5.74, 6) is 2.52. The van der Waals surface area contributed by atoms with Crippen molar-refractivity contribution in [3.05, 3.63) is 72.3 Å². The third-order valence-corrected chi connectivity index (χ3v) is 6.82. The molecule has 0 spiro atoms. The normalized spacial score (nSPS) is 15.3. The first-order valence-corrected chi connectivity index (χ1v) is 11.1. The number of aromatic nitrogens is 5. The lowest BCUT2D eigenvalue weighted by atomic mass is 9.95. The standard InChI is InChI=1S/C23H20N6S/c1-2-6-16(7-3-1)18-14-30-23-20(18)22(24-15-25-23)28-12-9-17(10-13-28)21-27-26-19-8-4-5-11-29(19)21/h1-8,11,14-15,17H,9-10,12-13H2. The minimum atomic E-state index is 0.409. The Balaban J connectivity index is 1.32. The number of piperidine rings is 1. The molecule has 1 aliphatic heterocycles. The summed E-state index contributed by atoms with van der Waals surface area (Å²) in [6, 6.07) is 16.6. The lowest BCUT2D eigenvalue weighted by Gasteiger charge is -2.32. The van der Waals surface area contributed by atoms with Gasteiger partial charge >= 0.3 is 0 Å². The third-order valence-electron chi connectivity index (χ3n) is 5.93. The van der Waals surface area contributed by atoms with Gasteiger partial charge in [0.2, 0.25) is 0 Å².